The molecule has 0 aromatic heterocycles. The average molecular weight is 313 g/mol. The van der Waals surface area contributed by atoms with Crippen LogP contribution in [0.4, 0.5) is 10.1 Å². The lowest BCUT2D eigenvalue weighted by atomic mass is 10.2. The Morgan fingerprint density at radius 2 is 1.90 bits per heavy atom. The SMILES string of the molecule is NC(=O)c1ccc(NCc2ccc(F)cc2Cl)cc1Cl. The van der Waals surface area contributed by atoms with Crippen LogP contribution in [0.15, 0.2) is 36.4 Å². The minimum atomic E-state index is -0.580. The Labute approximate surface area is 125 Å². The highest BCUT2D eigenvalue weighted by Crippen LogP contribution is 2.22. The second-order valence-corrected chi connectivity index (χ2v) is 4.96. The largest absolute Gasteiger partial charge is 0.381 e. The maximum absolute atomic E-state index is 12.9. The molecule has 0 saturated carbocycles. The number of nitrogens with two attached hydrogens (primary N) is 1. The van der Waals surface area contributed by atoms with Crippen LogP contribution in [0.25, 0.3) is 0 Å². The third kappa shape index (κ3) is 3.40. The maximum atomic E-state index is 12.9. The molecule has 3 nitrogen and oxygen atoms in total. The fourth-order valence-corrected chi connectivity index (χ4v) is 2.19. The molecule has 2 aromatic carbocycles. The van der Waals surface area contributed by atoms with Gasteiger partial charge in [-0.2, -0.15) is 0 Å². The van der Waals surface area contributed by atoms with Crippen molar-refractivity contribution in [1.29, 1.82) is 0 Å². The van der Waals surface area contributed by atoms with Gasteiger partial charge in [-0.05, 0) is 35.9 Å². The van der Waals surface area contributed by atoms with E-state index in [2.05, 4.69) is 5.32 Å². The van der Waals surface area contributed by atoms with E-state index in [1.165, 1.54) is 12.1 Å². The minimum absolute atomic E-state index is 0.261. The number of halogens is 3. The van der Waals surface area contributed by atoms with E-state index in [1.54, 1.807) is 24.3 Å². The zero-order valence-corrected chi connectivity index (χ0v) is 11.8. The molecule has 104 valence electrons. The molecule has 0 saturated heterocycles. The molecule has 0 bridgehead atoms. The Kier molecular flexibility index (Phi) is 4.47. The molecule has 6 heteroatoms. The summed E-state index contributed by atoms with van der Waals surface area (Å²) in [6.07, 6.45) is 0. The zero-order valence-electron chi connectivity index (χ0n) is 10.3. The third-order valence-electron chi connectivity index (χ3n) is 2.73. The lowest BCUT2D eigenvalue weighted by Crippen LogP contribution is -2.11. The van der Waals surface area contributed by atoms with Gasteiger partial charge in [-0.3, -0.25) is 4.79 Å². The summed E-state index contributed by atoms with van der Waals surface area (Å²) in [7, 11) is 0. The van der Waals surface area contributed by atoms with Crippen molar-refractivity contribution in [3.63, 3.8) is 0 Å². The molecule has 0 aliphatic rings. The van der Waals surface area contributed by atoms with Gasteiger partial charge in [0, 0.05) is 17.3 Å². The third-order valence-corrected chi connectivity index (χ3v) is 3.40. The van der Waals surface area contributed by atoms with E-state index in [-0.39, 0.29) is 16.4 Å². The monoisotopic (exact) mass is 312 g/mol. The molecule has 1 amide bonds. The van der Waals surface area contributed by atoms with Crippen molar-refractivity contribution in [3.8, 4) is 0 Å². The van der Waals surface area contributed by atoms with Gasteiger partial charge in [-0.25, -0.2) is 4.39 Å². The number of nitrogens with one attached hydrogen (secondary N) is 1. The summed E-state index contributed by atoms with van der Waals surface area (Å²) >= 11 is 11.9. The van der Waals surface area contributed by atoms with Gasteiger partial charge in [0.2, 0.25) is 5.91 Å². The average Bonchev–Trinajstić information content (AvgIpc) is 2.37. The number of carbonyl (C=O) groups excluding carboxylic acids is 1. The summed E-state index contributed by atoms with van der Waals surface area (Å²) in [6, 6.07) is 9.01. The molecule has 2 aromatic rings. The van der Waals surface area contributed by atoms with Crippen LogP contribution in [-0.4, -0.2) is 5.91 Å². The van der Waals surface area contributed by atoms with Crippen molar-refractivity contribution in [1.82, 2.24) is 0 Å². The van der Waals surface area contributed by atoms with E-state index in [0.717, 1.165) is 5.56 Å². The van der Waals surface area contributed by atoms with Gasteiger partial charge in [0.25, 0.3) is 0 Å². The molecule has 3 N–H and O–H groups in total. The van der Waals surface area contributed by atoms with Crippen LogP contribution in [0.5, 0.6) is 0 Å². The Balaban J connectivity index is 2.11. The van der Waals surface area contributed by atoms with Gasteiger partial charge in [0.15, 0.2) is 0 Å². The number of rotatable bonds is 4. The van der Waals surface area contributed by atoms with Crippen LogP contribution in [-0.2, 0) is 6.54 Å². The van der Waals surface area contributed by atoms with Gasteiger partial charge >= 0.3 is 0 Å². The van der Waals surface area contributed by atoms with Crippen molar-refractivity contribution in [3.05, 3.63) is 63.4 Å². The quantitative estimate of drug-likeness (QED) is 0.901. The van der Waals surface area contributed by atoms with Crippen LogP contribution >= 0.6 is 23.2 Å². The first-order valence-corrected chi connectivity index (χ1v) is 6.50. The maximum Gasteiger partial charge on any atom is 0.250 e. The fourth-order valence-electron chi connectivity index (χ4n) is 1.69. The first kappa shape index (κ1) is 14.6. The van der Waals surface area contributed by atoms with Crippen molar-refractivity contribution in [2.45, 2.75) is 6.54 Å². The van der Waals surface area contributed by atoms with Gasteiger partial charge in [-0.1, -0.05) is 29.3 Å². The van der Waals surface area contributed by atoms with Crippen molar-refractivity contribution >= 4 is 34.8 Å². The standard InChI is InChI=1S/C14H11Cl2FN2O/c15-12-5-9(17)2-1-8(12)7-19-10-3-4-11(14(18)20)13(16)6-10/h1-6,19H,7H2,(H2,18,20). The van der Waals surface area contributed by atoms with Gasteiger partial charge in [0.05, 0.1) is 10.6 Å². The van der Waals surface area contributed by atoms with E-state index in [1.807, 2.05) is 0 Å². The summed E-state index contributed by atoms with van der Waals surface area (Å²) in [5.41, 5.74) is 6.89. The Morgan fingerprint density at radius 3 is 2.50 bits per heavy atom. The van der Waals surface area contributed by atoms with Gasteiger partial charge < -0.3 is 11.1 Å². The highest BCUT2D eigenvalue weighted by Gasteiger charge is 2.07. The number of amides is 1. The number of benzene rings is 2. The molecule has 0 fully saturated rings. The van der Waals surface area contributed by atoms with Crippen LogP contribution in [0, 0.1) is 5.82 Å². The Bertz CT molecular complexity index is 662. The molecule has 0 unspecified atom stereocenters. The number of hydrogen-bond donors (Lipinski definition) is 2. The van der Waals surface area contributed by atoms with E-state index < -0.39 is 5.91 Å². The first-order chi connectivity index (χ1) is 9.47. The van der Waals surface area contributed by atoms with Crippen molar-refractivity contribution < 1.29 is 9.18 Å². The molecule has 2 rings (SSSR count). The fraction of sp³-hybridized carbons (Fsp3) is 0.0714. The number of hydrogen-bond acceptors (Lipinski definition) is 2. The summed E-state index contributed by atoms with van der Waals surface area (Å²) < 4.78 is 12.9. The van der Waals surface area contributed by atoms with E-state index in [4.69, 9.17) is 28.9 Å². The molecule has 0 aliphatic heterocycles. The predicted molar refractivity (Wildman–Crippen MR) is 78.7 cm³/mol. The lowest BCUT2D eigenvalue weighted by molar-refractivity contribution is 0.100. The van der Waals surface area contributed by atoms with Crippen molar-refractivity contribution in [2.24, 2.45) is 5.73 Å². The van der Waals surface area contributed by atoms with Crippen LogP contribution < -0.4 is 11.1 Å². The number of primary amides is 1. The van der Waals surface area contributed by atoms with E-state index >= 15 is 0 Å². The molecular formula is C14H11Cl2FN2O. The molecule has 0 aliphatic carbocycles. The molecule has 0 atom stereocenters. The van der Waals surface area contributed by atoms with Crippen LogP contribution in [0.1, 0.15) is 15.9 Å². The van der Waals surface area contributed by atoms with Gasteiger partial charge in [0.1, 0.15) is 5.82 Å². The number of anilines is 1. The Hall–Kier alpha value is -1.78. The summed E-state index contributed by atoms with van der Waals surface area (Å²) in [5, 5.41) is 3.70. The summed E-state index contributed by atoms with van der Waals surface area (Å²) in [4.78, 5) is 11.1. The molecule has 0 radical (unpaired) electrons. The van der Waals surface area contributed by atoms with Crippen LogP contribution in [0.2, 0.25) is 10.0 Å². The second kappa shape index (κ2) is 6.11. The van der Waals surface area contributed by atoms with Crippen molar-refractivity contribution in [2.75, 3.05) is 5.32 Å². The molecule has 0 heterocycles. The number of carbonyl (C=O) groups is 1. The lowest BCUT2D eigenvalue weighted by Gasteiger charge is -2.09. The highest BCUT2D eigenvalue weighted by atomic mass is 35.5. The second-order valence-electron chi connectivity index (χ2n) is 4.15. The smallest absolute Gasteiger partial charge is 0.250 e. The first-order valence-electron chi connectivity index (χ1n) is 5.74. The highest BCUT2D eigenvalue weighted by molar-refractivity contribution is 6.34. The minimum Gasteiger partial charge on any atom is -0.381 e. The summed E-state index contributed by atoms with van der Waals surface area (Å²) in [5.74, 6) is -0.962. The van der Waals surface area contributed by atoms with E-state index in [9.17, 15) is 9.18 Å². The van der Waals surface area contributed by atoms with Crippen LogP contribution in [0.3, 0.4) is 0 Å². The van der Waals surface area contributed by atoms with E-state index in [0.29, 0.717) is 17.3 Å². The predicted octanol–water partition coefficient (Wildman–Crippen LogP) is 3.84. The molecular weight excluding hydrogens is 302 g/mol. The molecule has 20 heavy (non-hydrogen) atoms. The zero-order chi connectivity index (χ0) is 14.7. The topological polar surface area (TPSA) is 55.1 Å². The molecule has 0 spiro atoms. The van der Waals surface area contributed by atoms with Gasteiger partial charge in [-0.15, -0.1) is 0 Å². The summed E-state index contributed by atoms with van der Waals surface area (Å²) in [6.45, 7) is 0.408. The normalized spacial score (nSPS) is 10.3. The Morgan fingerprint density at radius 1 is 1.15 bits per heavy atom.